The molecule has 3 atom stereocenters. The van der Waals surface area contributed by atoms with Crippen molar-refractivity contribution in [2.24, 2.45) is 11.7 Å². The number of hydrogen-bond donors (Lipinski definition) is 4. The van der Waals surface area contributed by atoms with Crippen LogP contribution >= 0.6 is 11.8 Å². The number of amides is 1. The van der Waals surface area contributed by atoms with E-state index >= 15 is 0 Å². The summed E-state index contributed by atoms with van der Waals surface area (Å²) in [5.41, 5.74) is 3.98. The number of primary amides is 1. The second kappa shape index (κ2) is 9.88. The second-order valence-corrected chi connectivity index (χ2v) is 8.16. The van der Waals surface area contributed by atoms with Gasteiger partial charge in [-0.3, -0.25) is 9.59 Å². The maximum Gasteiger partial charge on any atom is 0.334 e. The zero-order valence-corrected chi connectivity index (χ0v) is 18.2. The van der Waals surface area contributed by atoms with Crippen molar-refractivity contribution in [3.8, 4) is 0 Å². The maximum absolute atomic E-state index is 13.2. The van der Waals surface area contributed by atoms with Gasteiger partial charge in [0, 0.05) is 11.5 Å². The van der Waals surface area contributed by atoms with Crippen LogP contribution in [0.4, 0.5) is 0 Å². The zero-order chi connectivity index (χ0) is 23.3. The third kappa shape index (κ3) is 4.63. The fourth-order valence-electron chi connectivity index (χ4n) is 3.86. The summed E-state index contributed by atoms with van der Waals surface area (Å²) in [4.78, 5) is 37.0. The van der Waals surface area contributed by atoms with Crippen LogP contribution in [0.2, 0.25) is 0 Å². The zero-order valence-electron chi connectivity index (χ0n) is 17.4. The lowest BCUT2D eigenvalue weighted by atomic mass is 9.71. The van der Waals surface area contributed by atoms with Crippen molar-refractivity contribution in [2.75, 3.05) is 12.4 Å². The van der Waals surface area contributed by atoms with E-state index in [4.69, 9.17) is 10.5 Å². The lowest BCUT2D eigenvalue weighted by Gasteiger charge is -2.45. The van der Waals surface area contributed by atoms with Crippen LogP contribution in [0.3, 0.4) is 0 Å². The van der Waals surface area contributed by atoms with Gasteiger partial charge in [-0.05, 0) is 12.5 Å². The summed E-state index contributed by atoms with van der Waals surface area (Å²) in [5, 5.41) is 24.9. The molecule has 2 aromatic rings. The minimum Gasteiger partial charge on any atom is -0.478 e. The summed E-state index contributed by atoms with van der Waals surface area (Å²) in [7, 11) is 0. The van der Waals surface area contributed by atoms with E-state index in [1.54, 1.807) is 67.6 Å². The first-order valence-corrected chi connectivity index (χ1v) is 10.9. The first-order chi connectivity index (χ1) is 15.3. The van der Waals surface area contributed by atoms with Crippen molar-refractivity contribution in [3.63, 3.8) is 0 Å². The highest BCUT2D eigenvalue weighted by atomic mass is 32.2. The number of nitrogens with two attached hydrogens (primary N) is 1. The van der Waals surface area contributed by atoms with Gasteiger partial charge < -0.3 is 26.0 Å². The Morgan fingerprint density at radius 2 is 1.69 bits per heavy atom. The number of aliphatic hydroxyl groups is 1. The number of benzene rings is 2. The van der Waals surface area contributed by atoms with Crippen LogP contribution < -0.4 is 11.1 Å². The molecule has 0 fully saturated rings. The normalized spacial score (nSPS) is 22.7. The average molecular weight is 457 g/mol. The number of carboxylic acids is 1. The van der Waals surface area contributed by atoms with Crippen LogP contribution in [-0.2, 0) is 24.8 Å². The predicted octanol–water partition coefficient (Wildman–Crippen LogP) is 1.91. The van der Waals surface area contributed by atoms with Crippen LogP contribution in [0.15, 0.2) is 71.3 Å². The Morgan fingerprint density at radius 3 is 2.22 bits per heavy atom. The lowest BCUT2D eigenvalue weighted by molar-refractivity contribution is -0.164. The third-order valence-corrected chi connectivity index (χ3v) is 6.18. The predicted molar refractivity (Wildman–Crippen MR) is 119 cm³/mol. The van der Waals surface area contributed by atoms with Crippen molar-refractivity contribution >= 4 is 29.6 Å². The fourth-order valence-corrected chi connectivity index (χ4v) is 4.74. The molecule has 0 aliphatic carbocycles. The quantitative estimate of drug-likeness (QED) is 0.442. The number of ether oxygens (including phenoxy) is 1. The number of rotatable bonds is 8. The number of carbonyl (C=O) groups is 3. The Balaban J connectivity index is 2.31. The van der Waals surface area contributed by atoms with Gasteiger partial charge in [0.1, 0.15) is 5.92 Å². The van der Waals surface area contributed by atoms with E-state index in [1.165, 1.54) is 0 Å². The Hall–Kier alpha value is -3.30. The molecule has 3 rings (SSSR count). The highest BCUT2D eigenvalue weighted by Crippen LogP contribution is 2.49. The van der Waals surface area contributed by atoms with Gasteiger partial charge in [0.2, 0.25) is 5.91 Å². The molecule has 0 saturated heterocycles. The molecule has 2 aromatic carbocycles. The largest absolute Gasteiger partial charge is 0.478 e. The van der Waals surface area contributed by atoms with E-state index in [0.717, 1.165) is 11.8 Å². The van der Waals surface area contributed by atoms with E-state index < -0.39 is 35.4 Å². The highest BCUT2D eigenvalue weighted by molar-refractivity contribution is 8.03. The number of carboxylic acid groups (broad SMARTS) is 1. The first-order valence-electron chi connectivity index (χ1n) is 9.95. The lowest BCUT2D eigenvalue weighted by Crippen LogP contribution is -2.57. The molecule has 1 heterocycles. The van der Waals surface area contributed by atoms with Crippen molar-refractivity contribution in [1.82, 2.24) is 5.32 Å². The molecular formula is C23H24N2O6S. The van der Waals surface area contributed by atoms with Crippen LogP contribution in [-0.4, -0.2) is 40.4 Å². The Morgan fingerprint density at radius 1 is 1.09 bits per heavy atom. The van der Waals surface area contributed by atoms with Gasteiger partial charge in [-0.1, -0.05) is 72.4 Å². The smallest absolute Gasteiger partial charge is 0.334 e. The molecule has 0 radical (unpaired) electrons. The van der Waals surface area contributed by atoms with Gasteiger partial charge >= 0.3 is 11.9 Å². The highest BCUT2D eigenvalue weighted by Gasteiger charge is 2.55. The van der Waals surface area contributed by atoms with Crippen molar-refractivity contribution in [2.45, 2.75) is 18.6 Å². The Labute approximate surface area is 189 Å². The summed E-state index contributed by atoms with van der Waals surface area (Å²) >= 11 is 0.865. The third-order valence-electron chi connectivity index (χ3n) is 5.15. The van der Waals surface area contributed by atoms with Gasteiger partial charge in [0.05, 0.1) is 23.0 Å². The molecule has 3 unspecified atom stereocenters. The molecule has 1 amide bonds. The number of esters is 1. The van der Waals surface area contributed by atoms with Gasteiger partial charge in [-0.2, -0.15) is 0 Å². The van der Waals surface area contributed by atoms with Crippen LogP contribution in [0.5, 0.6) is 0 Å². The SMILES string of the molecule is CCOC(=O)C1C(c2ccccc2)C(C(=O)O)=C(SCC(N)=O)NC1(O)c1ccccc1. The Bertz CT molecular complexity index is 1030. The second-order valence-electron chi connectivity index (χ2n) is 7.18. The van der Waals surface area contributed by atoms with Crippen LogP contribution in [0.25, 0.3) is 0 Å². The summed E-state index contributed by atoms with van der Waals surface area (Å²) in [5.74, 6) is -5.29. The van der Waals surface area contributed by atoms with Crippen molar-refractivity contribution in [3.05, 3.63) is 82.4 Å². The molecule has 1 aliphatic rings. The van der Waals surface area contributed by atoms with E-state index in [-0.39, 0.29) is 23.0 Å². The van der Waals surface area contributed by atoms with Gasteiger partial charge in [0.15, 0.2) is 5.72 Å². The van der Waals surface area contributed by atoms with E-state index in [2.05, 4.69) is 5.32 Å². The molecule has 32 heavy (non-hydrogen) atoms. The monoisotopic (exact) mass is 456 g/mol. The molecule has 0 bridgehead atoms. The Kier molecular flexibility index (Phi) is 7.22. The molecule has 0 spiro atoms. The molecule has 9 heteroatoms. The maximum atomic E-state index is 13.2. The van der Waals surface area contributed by atoms with Crippen molar-refractivity contribution in [1.29, 1.82) is 0 Å². The standard InChI is InChI=1S/C23H24N2O6S/c1-2-31-22(29)19-17(14-9-5-3-6-10-14)18(21(27)28)20(32-13-16(24)26)25-23(19,30)15-11-7-4-8-12-15/h3-12,17,19,25,30H,2,13H2,1H3,(H2,24,26)(H,27,28). The number of aliphatic carboxylic acids is 1. The molecule has 8 nitrogen and oxygen atoms in total. The average Bonchev–Trinajstić information content (AvgIpc) is 2.78. The summed E-state index contributed by atoms with van der Waals surface area (Å²) in [6.45, 7) is 1.69. The summed E-state index contributed by atoms with van der Waals surface area (Å²) < 4.78 is 5.28. The van der Waals surface area contributed by atoms with Crippen molar-refractivity contribution < 1.29 is 29.3 Å². The molecule has 5 N–H and O–H groups in total. The fraction of sp³-hybridized carbons (Fsp3) is 0.261. The van der Waals surface area contributed by atoms with E-state index in [1.807, 2.05) is 0 Å². The molecular weight excluding hydrogens is 432 g/mol. The van der Waals surface area contributed by atoms with E-state index in [9.17, 15) is 24.6 Å². The number of nitrogens with one attached hydrogen (secondary N) is 1. The molecule has 0 aromatic heterocycles. The number of carbonyl (C=O) groups excluding carboxylic acids is 2. The minimum atomic E-state index is -2.01. The van der Waals surface area contributed by atoms with Gasteiger partial charge in [-0.25, -0.2) is 4.79 Å². The molecule has 168 valence electrons. The molecule has 0 saturated carbocycles. The van der Waals surface area contributed by atoms with Crippen LogP contribution in [0, 0.1) is 5.92 Å². The summed E-state index contributed by atoms with van der Waals surface area (Å²) in [6, 6.07) is 17.0. The van der Waals surface area contributed by atoms with Gasteiger partial charge in [0.25, 0.3) is 0 Å². The van der Waals surface area contributed by atoms with E-state index in [0.29, 0.717) is 11.1 Å². The number of hydrogen-bond acceptors (Lipinski definition) is 7. The topological polar surface area (TPSA) is 139 Å². The van der Waals surface area contributed by atoms with Gasteiger partial charge in [-0.15, -0.1) is 0 Å². The first kappa shape index (κ1) is 23.4. The van der Waals surface area contributed by atoms with Crippen LogP contribution in [0.1, 0.15) is 24.0 Å². The molecule has 1 aliphatic heterocycles. The summed E-state index contributed by atoms with van der Waals surface area (Å²) in [6.07, 6.45) is 0. The minimum absolute atomic E-state index is 0.0527. The number of thioether (sulfide) groups is 1.